The van der Waals surface area contributed by atoms with Crippen LogP contribution in [0.5, 0.6) is 0 Å². The second-order valence-corrected chi connectivity index (χ2v) is 3.45. The van der Waals surface area contributed by atoms with Crippen LogP contribution in [0.3, 0.4) is 0 Å². The predicted molar refractivity (Wildman–Crippen MR) is 58.6 cm³/mol. The van der Waals surface area contributed by atoms with Crippen LogP contribution in [0.1, 0.15) is 13.3 Å². The molecule has 0 saturated heterocycles. The molecular weight excluding hydrogens is 196 g/mol. The summed E-state index contributed by atoms with van der Waals surface area (Å²) in [6.07, 6.45) is 0.818. The minimum Gasteiger partial charge on any atom is -0.385 e. The van der Waals surface area contributed by atoms with Crippen LogP contribution in [0.15, 0.2) is 0 Å². The largest absolute Gasteiger partial charge is 0.385 e. The van der Waals surface area contributed by atoms with E-state index < -0.39 is 6.04 Å². The van der Waals surface area contributed by atoms with Gasteiger partial charge in [-0.15, -0.1) is 0 Å². The first-order chi connectivity index (χ1) is 7.13. The van der Waals surface area contributed by atoms with Gasteiger partial charge >= 0.3 is 0 Å². The molecule has 1 amide bonds. The van der Waals surface area contributed by atoms with Crippen molar-refractivity contribution in [2.45, 2.75) is 19.4 Å². The molecule has 5 nitrogen and oxygen atoms in total. The molecule has 5 heteroatoms. The molecule has 0 saturated carbocycles. The molecule has 0 aromatic carbocycles. The van der Waals surface area contributed by atoms with E-state index in [1.165, 1.54) is 0 Å². The van der Waals surface area contributed by atoms with Crippen LogP contribution in [0.2, 0.25) is 0 Å². The minimum atomic E-state index is -0.454. The van der Waals surface area contributed by atoms with Crippen molar-refractivity contribution in [3.63, 3.8) is 0 Å². The number of hydrogen-bond acceptors (Lipinski definition) is 4. The second-order valence-electron chi connectivity index (χ2n) is 3.45. The predicted octanol–water partition coefficient (Wildman–Crippen LogP) is -0.155. The van der Waals surface area contributed by atoms with Crippen LogP contribution in [-0.4, -0.2) is 57.4 Å². The van der Waals surface area contributed by atoms with Crippen LogP contribution >= 0.6 is 0 Å². The quantitative estimate of drug-likeness (QED) is 0.575. The molecular formula is C10H22N2O3. The Kier molecular flexibility index (Phi) is 8.27. The van der Waals surface area contributed by atoms with E-state index in [0.29, 0.717) is 26.3 Å². The average Bonchev–Trinajstić information content (AvgIpc) is 2.22. The standard InChI is InChI=1S/C10H22N2O3/c1-9(11)10(13)12(6-8-15-3)5-4-7-14-2/h9H,4-8,11H2,1-3H3/t9-/m0/s1. The van der Waals surface area contributed by atoms with Gasteiger partial charge in [-0.1, -0.05) is 0 Å². The molecule has 15 heavy (non-hydrogen) atoms. The van der Waals surface area contributed by atoms with E-state index in [1.54, 1.807) is 26.0 Å². The summed E-state index contributed by atoms with van der Waals surface area (Å²) in [5.41, 5.74) is 5.55. The van der Waals surface area contributed by atoms with Gasteiger partial charge in [-0.05, 0) is 13.3 Å². The molecule has 0 heterocycles. The van der Waals surface area contributed by atoms with Crippen molar-refractivity contribution in [2.24, 2.45) is 5.73 Å². The zero-order valence-corrected chi connectivity index (χ0v) is 9.86. The highest BCUT2D eigenvalue weighted by atomic mass is 16.5. The number of amides is 1. The number of carbonyl (C=O) groups excluding carboxylic acids is 1. The molecule has 0 unspecified atom stereocenters. The Morgan fingerprint density at radius 1 is 1.27 bits per heavy atom. The van der Waals surface area contributed by atoms with E-state index in [1.807, 2.05) is 0 Å². The number of nitrogens with zero attached hydrogens (tertiary/aromatic N) is 1. The molecule has 0 spiro atoms. The van der Waals surface area contributed by atoms with Crippen molar-refractivity contribution in [3.05, 3.63) is 0 Å². The zero-order chi connectivity index (χ0) is 11.7. The number of nitrogens with two attached hydrogens (primary N) is 1. The van der Waals surface area contributed by atoms with E-state index in [0.717, 1.165) is 6.42 Å². The molecule has 0 aromatic heterocycles. The van der Waals surface area contributed by atoms with Crippen molar-refractivity contribution in [1.29, 1.82) is 0 Å². The number of methoxy groups -OCH3 is 2. The molecule has 0 aliphatic rings. The van der Waals surface area contributed by atoms with Crippen LogP contribution in [0.25, 0.3) is 0 Å². The Morgan fingerprint density at radius 2 is 1.87 bits per heavy atom. The minimum absolute atomic E-state index is 0.0387. The fourth-order valence-corrected chi connectivity index (χ4v) is 1.22. The second kappa shape index (κ2) is 8.64. The SMILES string of the molecule is COCCCN(CCOC)C(=O)[C@H](C)N. The van der Waals surface area contributed by atoms with Crippen LogP contribution in [-0.2, 0) is 14.3 Å². The van der Waals surface area contributed by atoms with Crippen molar-refractivity contribution in [3.8, 4) is 0 Å². The van der Waals surface area contributed by atoms with E-state index in [9.17, 15) is 4.79 Å². The van der Waals surface area contributed by atoms with Crippen molar-refractivity contribution in [1.82, 2.24) is 4.90 Å². The van der Waals surface area contributed by atoms with Gasteiger partial charge < -0.3 is 20.1 Å². The summed E-state index contributed by atoms with van der Waals surface area (Å²) in [7, 11) is 3.26. The Morgan fingerprint density at radius 3 is 2.33 bits per heavy atom. The molecule has 0 radical (unpaired) electrons. The molecule has 0 aliphatic heterocycles. The Bertz CT molecular complexity index is 174. The maximum atomic E-state index is 11.6. The molecule has 0 fully saturated rings. The normalized spacial score (nSPS) is 12.5. The van der Waals surface area contributed by atoms with Gasteiger partial charge in [-0.3, -0.25) is 4.79 Å². The highest BCUT2D eigenvalue weighted by molar-refractivity contribution is 5.81. The Balaban J connectivity index is 3.99. The Labute approximate surface area is 91.5 Å². The summed E-state index contributed by atoms with van der Waals surface area (Å²) in [4.78, 5) is 13.4. The van der Waals surface area contributed by atoms with Gasteiger partial charge in [0.15, 0.2) is 0 Å². The maximum absolute atomic E-state index is 11.6. The summed E-state index contributed by atoms with van der Waals surface area (Å²) in [5.74, 6) is -0.0387. The topological polar surface area (TPSA) is 64.8 Å². The van der Waals surface area contributed by atoms with E-state index in [2.05, 4.69) is 0 Å². The maximum Gasteiger partial charge on any atom is 0.239 e. The van der Waals surface area contributed by atoms with Gasteiger partial charge in [0.2, 0.25) is 5.91 Å². The highest BCUT2D eigenvalue weighted by Crippen LogP contribution is 1.96. The van der Waals surface area contributed by atoms with Gasteiger partial charge in [-0.2, -0.15) is 0 Å². The fourth-order valence-electron chi connectivity index (χ4n) is 1.22. The van der Waals surface area contributed by atoms with Gasteiger partial charge in [0, 0.05) is 33.9 Å². The lowest BCUT2D eigenvalue weighted by atomic mass is 10.3. The van der Waals surface area contributed by atoms with Crippen molar-refractivity contribution < 1.29 is 14.3 Å². The Hall–Kier alpha value is -0.650. The lowest BCUT2D eigenvalue weighted by Gasteiger charge is -2.23. The monoisotopic (exact) mass is 218 g/mol. The third-order valence-corrected chi connectivity index (χ3v) is 2.04. The third kappa shape index (κ3) is 6.43. The number of ether oxygens (including phenoxy) is 2. The van der Waals surface area contributed by atoms with Crippen molar-refractivity contribution in [2.75, 3.05) is 40.5 Å². The van der Waals surface area contributed by atoms with E-state index in [-0.39, 0.29) is 5.91 Å². The number of carbonyl (C=O) groups is 1. The molecule has 1 atom stereocenters. The molecule has 2 N–H and O–H groups in total. The van der Waals surface area contributed by atoms with Gasteiger partial charge in [-0.25, -0.2) is 0 Å². The first-order valence-corrected chi connectivity index (χ1v) is 5.15. The van der Waals surface area contributed by atoms with Gasteiger partial charge in [0.1, 0.15) is 0 Å². The van der Waals surface area contributed by atoms with Crippen LogP contribution in [0.4, 0.5) is 0 Å². The van der Waals surface area contributed by atoms with E-state index >= 15 is 0 Å². The van der Waals surface area contributed by atoms with Gasteiger partial charge in [0.05, 0.1) is 12.6 Å². The molecule has 90 valence electrons. The van der Waals surface area contributed by atoms with Crippen LogP contribution in [0, 0.1) is 0 Å². The first-order valence-electron chi connectivity index (χ1n) is 5.15. The third-order valence-electron chi connectivity index (χ3n) is 2.04. The smallest absolute Gasteiger partial charge is 0.239 e. The summed E-state index contributed by atoms with van der Waals surface area (Å²) in [6.45, 7) is 4.12. The van der Waals surface area contributed by atoms with Gasteiger partial charge in [0.25, 0.3) is 0 Å². The average molecular weight is 218 g/mol. The van der Waals surface area contributed by atoms with E-state index in [4.69, 9.17) is 15.2 Å². The first kappa shape index (κ1) is 14.3. The summed E-state index contributed by atoms with van der Waals surface area (Å²) >= 11 is 0. The zero-order valence-electron chi connectivity index (χ0n) is 9.86. The molecule has 0 rings (SSSR count). The molecule has 0 aromatic rings. The summed E-state index contributed by atoms with van der Waals surface area (Å²) in [6, 6.07) is -0.454. The van der Waals surface area contributed by atoms with Crippen molar-refractivity contribution >= 4 is 5.91 Å². The van der Waals surface area contributed by atoms with Crippen LogP contribution < -0.4 is 5.73 Å². The number of rotatable bonds is 8. The molecule has 0 bridgehead atoms. The molecule has 0 aliphatic carbocycles. The lowest BCUT2D eigenvalue weighted by Crippen LogP contribution is -2.44. The lowest BCUT2D eigenvalue weighted by molar-refractivity contribution is -0.133. The highest BCUT2D eigenvalue weighted by Gasteiger charge is 2.16. The summed E-state index contributed by atoms with van der Waals surface area (Å²) in [5, 5.41) is 0. The fraction of sp³-hybridized carbons (Fsp3) is 0.900. The summed E-state index contributed by atoms with van der Waals surface area (Å²) < 4.78 is 9.88. The number of hydrogen-bond donors (Lipinski definition) is 1.